The topological polar surface area (TPSA) is 71.3 Å². The number of rotatable bonds is 7. The lowest BCUT2D eigenvalue weighted by molar-refractivity contribution is -0.112. The molecule has 0 unspecified atom stereocenters. The molecule has 0 bridgehead atoms. The number of nitrogens with one attached hydrogen (secondary N) is 1. The van der Waals surface area contributed by atoms with Gasteiger partial charge in [-0.05, 0) is 48.0 Å². The maximum Gasteiger partial charge on any atom is 0.266 e. The Labute approximate surface area is 167 Å². The van der Waals surface area contributed by atoms with Crippen LogP contribution < -0.4 is 14.8 Å². The predicted octanol–water partition coefficient (Wildman–Crippen LogP) is 5.11. The van der Waals surface area contributed by atoms with E-state index in [0.29, 0.717) is 22.7 Å². The van der Waals surface area contributed by atoms with Crippen LogP contribution in [0, 0.1) is 11.3 Å². The van der Waals surface area contributed by atoms with Crippen molar-refractivity contribution < 1.29 is 14.3 Å². The number of carbonyl (C=O) groups excluding carboxylic acids is 1. The molecule has 0 aliphatic heterocycles. The largest absolute Gasteiger partial charge is 0.497 e. The van der Waals surface area contributed by atoms with Crippen LogP contribution in [0.4, 0.5) is 5.69 Å². The summed E-state index contributed by atoms with van der Waals surface area (Å²) in [6.07, 6.45) is 2.96. The minimum Gasteiger partial charge on any atom is -0.497 e. The van der Waals surface area contributed by atoms with Crippen molar-refractivity contribution >= 4 is 40.9 Å². The van der Waals surface area contributed by atoms with Crippen LogP contribution in [-0.4, -0.2) is 19.6 Å². The summed E-state index contributed by atoms with van der Waals surface area (Å²) < 4.78 is 10.5. The lowest BCUT2D eigenvalue weighted by Crippen LogP contribution is -2.13. The van der Waals surface area contributed by atoms with Crippen molar-refractivity contribution in [1.82, 2.24) is 0 Å². The second-order valence-corrected chi connectivity index (χ2v) is 6.08. The first-order valence-corrected chi connectivity index (χ1v) is 8.54. The van der Waals surface area contributed by atoms with Crippen molar-refractivity contribution in [1.29, 1.82) is 5.26 Å². The highest BCUT2D eigenvalue weighted by Crippen LogP contribution is 2.35. The minimum atomic E-state index is -0.554. The molecule has 0 aliphatic rings. The molecule has 2 rings (SSSR count). The lowest BCUT2D eigenvalue weighted by Gasteiger charge is -2.09. The van der Waals surface area contributed by atoms with Crippen LogP contribution in [-0.2, 0) is 4.79 Å². The van der Waals surface area contributed by atoms with Gasteiger partial charge < -0.3 is 14.8 Å². The monoisotopic (exact) mass is 402 g/mol. The number of anilines is 1. The summed E-state index contributed by atoms with van der Waals surface area (Å²) in [5.74, 6) is 0.422. The van der Waals surface area contributed by atoms with E-state index < -0.39 is 5.91 Å². The van der Waals surface area contributed by atoms with Crippen LogP contribution in [0.15, 0.2) is 54.6 Å². The molecule has 2 aromatic carbocycles. The minimum absolute atomic E-state index is 0.0993. The van der Waals surface area contributed by atoms with Crippen LogP contribution in [0.25, 0.3) is 6.08 Å². The Hall–Kier alpha value is -2.94. The van der Waals surface area contributed by atoms with Gasteiger partial charge in [0.2, 0.25) is 0 Å². The van der Waals surface area contributed by atoms with E-state index in [9.17, 15) is 10.1 Å². The van der Waals surface area contributed by atoms with E-state index in [2.05, 4.69) is 11.9 Å². The van der Waals surface area contributed by atoms with Gasteiger partial charge in [0.1, 0.15) is 24.0 Å². The highest BCUT2D eigenvalue weighted by molar-refractivity contribution is 6.37. The average molecular weight is 403 g/mol. The van der Waals surface area contributed by atoms with Gasteiger partial charge in [0.15, 0.2) is 5.75 Å². The molecule has 1 amide bonds. The van der Waals surface area contributed by atoms with Crippen LogP contribution in [0.3, 0.4) is 0 Å². The third-order valence-corrected chi connectivity index (χ3v) is 3.95. The summed E-state index contributed by atoms with van der Waals surface area (Å²) >= 11 is 12.3. The summed E-state index contributed by atoms with van der Waals surface area (Å²) in [4.78, 5) is 12.3. The van der Waals surface area contributed by atoms with Gasteiger partial charge in [-0.3, -0.25) is 4.79 Å². The van der Waals surface area contributed by atoms with Gasteiger partial charge in [-0.1, -0.05) is 35.9 Å². The molecule has 7 heteroatoms. The predicted molar refractivity (Wildman–Crippen MR) is 107 cm³/mol. The Balaban J connectivity index is 2.22. The number of ether oxygens (including phenoxy) is 2. The van der Waals surface area contributed by atoms with Gasteiger partial charge in [-0.25, -0.2) is 0 Å². The second-order valence-electron chi connectivity index (χ2n) is 5.27. The highest BCUT2D eigenvalue weighted by atomic mass is 35.5. The molecule has 0 aliphatic carbocycles. The Kier molecular flexibility index (Phi) is 7.30. The molecule has 0 saturated carbocycles. The number of benzene rings is 2. The molecule has 0 atom stereocenters. The molecular formula is C20H16Cl2N2O3. The van der Waals surface area contributed by atoms with E-state index in [1.54, 1.807) is 49.6 Å². The number of nitrogens with zero attached hydrogens (tertiary/aromatic N) is 1. The SMILES string of the molecule is C=CCOc1c(Cl)cc(/C=C(/C#N)C(=O)Nc2ccc(OC)cc2)cc1Cl. The Morgan fingerprint density at radius 1 is 1.26 bits per heavy atom. The third kappa shape index (κ3) is 5.52. The molecule has 0 heterocycles. The van der Waals surface area contributed by atoms with Gasteiger partial charge >= 0.3 is 0 Å². The van der Waals surface area contributed by atoms with E-state index in [1.807, 2.05) is 6.07 Å². The lowest BCUT2D eigenvalue weighted by atomic mass is 10.1. The molecule has 2 aromatic rings. The highest BCUT2D eigenvalue weighted by Gasteiger charge is 2.13. The third-order valence-electron chi connectivity index (χ3n) is 3.39. The summed E-state index contributed by atoms with van der Waals surface area (Å²) in [6, 6.07) is 11.7. The van der Waals surface area contributed by atoms with Crippen LogP contribution in [0.2, 0.25) is 10.0 Å². The fraction of sp³-hybridized carbons (Fsp3) is 0.100. The zero-order chi connectivity index (χ0) is 19.8. The normalized spacial score (nSPS) is 10.7. The van der Waals surface area contributed by atoms with Gasteiger partial charge in [0.25, 0.3) is 5.91 Å². The number of hydrogen-bond acceptors (Lipinski definition) is 4. The van der Waals surface area contributed by atoms with Crippen LogP contribution in [0.1, 0.15) is 5.56 Å². The van der Waals surface area contributed by atoms with Crippen molar-refractivity contribution in [3.8, 4) is 17.6 Å². The van der Waals surface area contributed by atoms with Crippen molar-refractivity contribution in [2.45, 2.75) is 0 Å². The molecule has 0 aromatic heterocycles. The summed E-state index contributed by atoms with van der Waals surface area (Å²) in [7, 11) is 1.55. The molecule has 0 fully saturated rings. The molecule has 0 radical (unpaired) electrons. The smallest absolute Gasteiger partial charge is 0.266 e. The van der Waals surface area contributed by atoms with Crippen molar-refractivity contribution in [3.63, 3.8) is 0 Å². The summed E-state index contributed by atoms with van der Waals surface area (Å²) in [6.45, 7) is 3.81. The molecule has 5 nitrogen and oxygen atoms in total. The van der Waals surface area contributed by atoms with E-state index in [-0.39, 0.29) is 22.2 Å². The fourth-order valence-corrected chi connectivity index (χ4v) is 2.74. The standard InChI is InChI=1S/C20H16Cl2N2O3/c1-3-8-27-19-17(21)10-13(11-18(19)22)9-14(12-23)20(25)24-15-4-6-16(26-2)7-5-15/h3-7,9-11H,1,8H2,2H3,(H,24,25)/b14-9-. The summed E-state index contributed by atoms with van der Waals surface area (Å²) in [5.41, 5.74) is 0.932. The Morgan fingerprint density at radius 3 is 2.41 bits per heavy atom. The van der Waals surface area contributed by atoms with E-state index >= 15 is 0 Å². The number of methoxy groups -OCH3 is 1. The van der Waals surface area contributed by atoms with Gasteiger partial charge in [0, 0.05) is 5.69 Å². The molecule has 1 N–H and O–H groups in total. The number of nitriles is 1. The van der Waals surface area contributed by atoms with E-state index in [0.717, 1.165) is 0 Å². The number of halogens is 2. The quantitative estimate of drug-likeness (QED) is 0.396. The van der Waals surface area contributed by atoms with Gasteiger partial charge in [-0.15, -0.1) is 0 Å². The Bertz CT molecular complexity index is 893. The average Bonchev–Trinajstić information content (AvgIpc) is 2.66. The van der Waals surface area contributed by atoms with Crippen LogP contribution >= 0.6 is 23.2 Å². The molecule has 0 spiro atoms. The summed E-state index contributed by atoms with van der Waals surface area (Å²) in [5, 5.41) is 12.5. The van der Waals surface area contributed by atoms with E-state index in [4.69, 9.17) is 32.7 Å². The first-order chi connectivity index (χ1) is 13.0. The van der Waals surface area contributed by atoms with Crippen molar-refractivity contribution in [2.24, 2.45) is 0 Å². The second kappa shape index (κ2) is 9.67. The first-order valence-electron chi connectivity index (χ1n) is 7.78. The molecule has 138 valence electrons. The molecule has 0 saturated heterocycles. The zero-order valence-electron chi connectivity index (χ0n) is 14.5. The fourth-order valence-electron chi connectivity index (χ4n) is 2.13. The van der Waals surface area contributed by atoms with Gasteiger partial charge in [0.05, 0.1) is 17.2 Å². The number of amides is 1. The van der Waals surface area contributed by atoms with E-state index in [1.165, 1.54) is 6.08 Å². The molecule has 27 heavy (non-hydrogen) atoms. The number of carbonyl (C=O) groups is 1. The van der Waals surface area contributed by atoms with Crippen molar-refractivity contribution in [2.75, 3.05) is 19.0 Å². The van der Waals surface area contributed by atoms with Gasteiger partial charge in [-0.2, -0.15) is 5.26 Å². The first kappa shape index (κ1) is 20.4. The number of hydrogen-bond donors (Lipinski definition) is 1. The molecular weight excluding hydrogens is 387 g/mol. The maximum atomic E-state index is 12.3. The zero-order valence-corrected chi connectivity index (χ0v) is 16.0. The van der Waals surface area contributed by atoms with Crippen molar-refractivity contribution in [3.05, 3.63) is 70.2 Å². The Morgan fingerprint density at radius 2 is 1.89 bits per heavy atom. The maximum absolute atomic E-state index is 12.3. The van der Waals surface area contributed by atoms with Crippen LogP contribution in [0.5, 0.6) is 11.5 Å².